The molecule has 0 aliphatic rings. The second kappa shape index (κ2) is 7.09. The fourth-order valence-corrected chi connectivity index (χ4v) is 1.84. The van der Waals surface area contributed by atoms with Gasteiger partial charge in [0.25, 0.3) is 5.91 Å². The van der Waals surface area contributed by atoms with Crippen LogP contribution in [0.3, 0.4) is 0 Å². The minimum absolute atomic E-state index is 0.294. The minimum atomic E-state index is -0.511. The summed E-state index contributed by atoms with van der Waals surface area (Å²) in [4.78, 5) is 22.9. The quantitative estimate of drug-likeness (QED) is 0.683. The number of carbonyl (C=O) groups is 2. The lowest BCUT2D eigenvalue weighted by Crippen LogP contribution is -2.20. The number of hydrogen-bond acceptors (Lipinski definition) is 3. The number of carbonyl (C=O) groups excluding carboxylic acids is 2. The molecule has 0 atom stereocenters. The number of anilines is 1. The number of aryl methyl sites for hydroxylation is 1. The average Bonchev–Trinajstić information content (AvgIpc) is 2.29. The third kappa shape index (κ3) is 5.70. The highest BCUT2D eigenvalue weighted by atomic mass is 79.9. The van der Waals surface area contributed by atoms with Crippen LogP contribution < -0.4 is 5.32 Å². The lowest BCUT2D eigenvalue weighted by Gasteiger charge is -2.08. The van der Waals surface area contributed by atoms with E-state index >= 15 is 0 Å². The maximum atomic E-state index is 11.6. The Morgan fingerprint density at radius 3 is 2.63 bits per heavy atom. The predicted octanol–water partition coefficient (Wildman–Crippen LogP) is 3.21. The summed E-state index contributed by atoms with van der Waals surface area (Å²) < 4.78 is 5.76. The molecule has 19 heavy (non-hydrogen) atoms. The summed E-state index contributed by atoms with van der Waals surface area (Å²) in [6.45, 7) is 5.16. The monoisotopic (exact) mass is 325 g/mol. The number of benzene rings is 1. The van der Waals surface area contributed by atoms with Gasteiger partial charge in [-0.3, -0.25) is 4.79 Å². The van der Waals surface area contributed by atoms with Crippen molar-refractivity contribution >= 4 is 33.5 Å². The maximum Gasteiger partial charge on any atom is 0.331 e. The van der Waals surface area contributed by atoms with E-state index in [0.717, 1.165) is 15.6 Å². The van der Waals surface area contributed by atoms with Gasteiger partial charge in [0.15, 0.2) is 6.61 Å². The minimum Gasteiger partial charge on any atom is -0.452 e. The number of nitrogens with one attached hydrogen (secondary N) is 1. The van der Waals surface area contributed by atoms with Crippen LogP contribution >= 0.6 is 15.9 Å². The standard InChI is InChI=1S/C14H16BrNO3/c1-9(2)6-14(18)19-8-13(17)16-12-5-4-11(15)7-10(12)3/h4-7H,8H2,1-3H3,(H,16,17). The second-order valence-electron chi connectivity index (χ2n) is 4.34. The number of allylic oxidation sites excluding steroid dienone is 1. The summed E-state index contributed by atoms with van der Waals surface area (Å²) >= 11 is 3.35. The Kier molecular flexibility index (Phi) is 5.76. The first-order valence-electron chi connectivity index (χ1n) is 5.76. The molecule has 102 valence electrons. The van der Waals surface area contributed by atoms with Crippen molar-refractivity contribution in [3.05, 3.63) is 39.9 Å². The number of rotatable bonds is 4. The Morgan fingerprint density at radius 1 is 1.37 bits per heavy atom. The molecule has 1 N–H and O–H groups in total. The van der Waals surface area contributed by atoms with Gasteiger partial charge in [0.2, 0.25) is 0 Å². The summed E-state index contributed by atoms with van der Waals surface area (Å²) in [6, 6.07) is 5.51. The molecule has 0 aliphatic carbocycles. The lowest BCUT2D eigenvalue weighted by molar-refractivity contribution is -0.142. The number of hydrogen-bond donors (Lipinski definition) is 1. The summed E-state index contributed by atoms with van der Waals surface area (Å²) in [5, 5.41) is 2.69. The fourth-order valence-electron chi connectivity index (χ4n) is 1.37. The molecule has 1 rings (SSSR count). The summed E-state index contributed by atoms with van der Waals surface area (Å²) in [7, 11) is 0. The van der Waals surface area contributed by atoms with Crippen LogP contribution in [-0.4, -0.2) is 18.5 Å². The smallest absolute Gasteiger partial charge is 0.331 e. The highest BCUT2D eigenvalue weighted by Crippen LogP contribution is 2.19. The van der Waals surface area contributed by atoms with E-state index in [1.54, 1.807) is 19.9 Å². The van der Waals surface area contributed by atoms with Gasteiger partial charge < -0.3 is 10.1 Å². The first-order chi connectivity index (χ1) is 8.88. The fraction of sp³-hybridized carbons (Fsp3) is 0.286. The summed E-state index contributed by atoms with van der Waals surface area (Å²) in [6.07, 6.45) is 1.35. The van der Waals surface area contributed by atoms with Crippen molar-refractivity contribution < 1.29 is 14.3 Å². The van der Waals surface area contributed by atoms with Gasteiger partial charge in [0.05, 0.1) is 0 Å². The topological polar surface area (TPSA) is 55.4 Å². The molecule has 1 aromatic carbocycles. The Balaban J connectivity index is 2.52. The normalized spacial score (nSPS) is 9.68. The van der Waals surface area contributed by atoms with Gasteiger partial charge in [-0.05, 0) is 44.5 Å². The van der Waals surface area contributed by atoms with Gasteiger partial charge >= 0.3 is 5.97 Å². The van der Waals surface area contributed by atoms with E-state index in [2.05, 4.69) is 21.2 Å². The van der Waals surface area contributed by atoms with E-state index in [-0.39, 0.29) is 12.5 Å². The zero-order valence-corrected chi connectivity index (χ0v) is 12.7. The number of halogens is 1. The summed E-state index contributed by atoms with van der Waals surface area (Å²) in [5.41, 5.74) is 2.46. The van der Waals surface area contributed by atoms with Crippen LogP contribution in [0.1, 0.15) is 19.4 Å². The molecule has 1 aromatic rings. The SMILES string of the molecule is CC(C)=CC(=O)OCC(=O)Nc1ccc(Br)cc1C. The lowest BCUT2D eigenvalue weighted by atomic mass is 10.2. The second-order valence-corrected chi connectivity index (χ2v) is 5.25. The van der Waals surface area contributed by atoms with Gasteiger partial charge in [-0.1, -0.05) is 21.5 Å². The largest absolute Gasteiger partial charge is 0.452 e. The molecular weight excluding hydrogens is 310 g/mol. The van der Waals surface area contributed by atoms with Gasteiger partial charge in [0.1, 0.15) is 0 Å². The molecule has 0 spiro atoms. The molecule has 0 radical (unpaired) electrons. The van der Waals surface area contributed by atoms with E-state index in [4.69, 9.17) is 4.74 Å². The van der Waals surface area contributed by atoms with Crippen molar-refractivity contribution in [1.82, 2.24) is 0 Å². The highest BCUT2D eigenvalue weighted by Gasteiger charge is 2.07. The molecule has 0 bridgehead atoms. The molecule has 0 aromatic heterocycles. The van der Waals surface area contributed by atoms with E-state index in [9.17, 15) is 9.59 Å². The molecule has 4 nitrogen and oxygen atoms in total. The molecule has 0 saturated heterocycles. The Bertz CT molecular complexity index is 519. The van der Waals surface area contributed by atoms with Crippen molar-refractivity contribution in [3.8, 4) is 0 Å². The number of amides is 1. The van der Waals surface area contributed by atoms with Gasteiger partial charge in [0, 0.05) is 16.2 Å². The van der Waals surface area contributed by atoms with E-state index in [1.807, 2.05) is 19.1 Å². The number of ether oxygens (including phenoxy) is 1. The van der Waals surface area contributed by atoms with Crippen LogP contribution in [0.4, 0.5) is 5.69 Å². The van der Waals surface area contributed by atoms with Gasteiger partial charge in [-0.15, -0.1) is 0 Å². The number of esters is 1. The Hall–Kier alpha value is -1.62. The zero-order chi connectivity index (χ0) is 14.4. The molecular formula is C14H16BrNO3. The predicted molar refractivity (Wildman–Crippen MR) is 77.9 cm³/mol. The van der Waals surface area contributed by atoms with Crippen molar-refractivity contribution in [3.63, 3.8) is 0 Å². The van der Waals surface area contributed by atoms with Crippen LogP contribution in [-0.2, 0) is 14.3 Å². The Labute approximate surface area is 121 Å². The van der Waals surface area contributed by atoms with Crippen molar-refractivity contribution in [2.45, 2.75) is 20.8 Å². The van der Waals surface area contributed by atoms with E-state index < -0.39 is 5.97 Å². The maximum absolute atomic E-state index is 11.6. The van der Waals surface area contributed by atoms with Gasteiger partial charge in [-0.25, -0.2) is 4.79 Å². The van der Waals surface area contributed by atoms with Crippen molar-refractivity contribution in [1.29, 1.82) is 0 Å². The zero-order valence-electron chi connectivity index (χ0n) is 11.1. The van der Waals surface area contributed by atoms with E-state index in [0.29, 0.717) is 5.69 Å². The van der Waals surface area contributed by atoms with Crippen molar-refractivity contribution in [2.75, 3.05) is 11.9 Å². The third-order valence-corrected chi connectivity index (χ3v) is 2.71. The van der Waals surface area contributed by atoms with Crippen LogP contribution in [0.15, 0.2) is 34.3 Å². The Morgan fingerprint density at radius 2 is 2.05 bits per heavy atom. The van der Waals surface area contributed by atoms with Crippen molar-refractivity contribution in [2.24, 2.45) is 0 Å². The first-order valence-corrected chi connectivity index (χ1v) is 6.55. The molecule has 5 heteroatoms. The molecule has 0 aliphatic heterocycles. The first kappa shape index (κ1) is 15.4. The van der Waals surface area contributed by atoms with E-state index in [1.165, 1.54) is 6.08 Å². The third-order valence-electron chi connectivity index (χ3n) is 2.21. The molecule has 0 saturated carbocycles. The van der Waals surface area contributed by atoms with Crippen LogP contribution in [0.25, 0.3) is 0 Å². The average molecular weight is 326 g/mol. The van der Waals surface area contributed by atoms with Crippen LogP contribution in [0.2, 0.25) is 0 Å². The molecule has 0 heterocycles. The van der Waals surface area contributed by atoms with Gasteiger partial charge in [-0.2, -0.15) is 0 Å². The molecule has 0 unspecified atom stereocenters. The molecule has 1 amide bonds. The highest BCUT2D eigenvalue weighted by molar-refractivity contribution is 9.10. The summed E-state index contributed by atoms with van der Waals surface area (Å²) in [5.74, 6) is -0.872. The molecule has 0 fully saturated rings. The van der Waals surface area contributed by atoms with Crippen LogP contribution in [0.5, 0.6) is 0 Å². The van der Waals surface area contributed by atoms with Crippen LogP contribution in [0, 0.1) is 6.92 Å².